The second kappa shape index (κ2) is 15.4. The first-order chi connectivity index (χ1) is 30.7. The number of aromatic nitrogens is 1. The summed E-state index contributed by atoms with van der Waals surface area (Å²) in [5.41, 5.74) is 16.7. The van der Waals surface area contributed by atoms with Gasteiger partial charge < -0.3 is 14.8 Å². The molecule has 0 amide bonds. The molecular formula is C59H49N3. The van der Waals surface area contributed by atoms with Crippen molar-refractivity contribution in [3.8, 4) is 16.8 Å². The lowest BCUT2D eigenvalue weighted by Crippen LogP contribution is -2.28. The lowest BCUT2D eigenvalue weighted by Gasteiger charge is -2.32. The molecule has 12 rings (SSSR count). The zero-order valence-electron chi connectivity index (χ0n) is 34.8. The highest BCUT2D eigenvalue weighted by Crippen LogP contribution is 2.52. The minimum absolute atomic E-state index is 0.188. The highest BCUT2D eigenvalue weighted by atomic mass is 15.2. The number of hydrogen-bond donors (Lipinski definition) is 1. The average Bonchev–Trinajstić information content (AvgIpc) is 3.88. The lowest BCUT2D eigenvalue weighted by atomic mass is 9.81. The number of rotatable bonds is 7. The predicted octanol–water partition coefficient (Wildman–Crippen LogP) is 14.7. The summed E-state index contributed by atoms with van der Waals surface area (Å²) in [5.74, 6) is 1.21. The number of nitrogens with one attached hydrogen (secondary N) is 1. The molecule has 7 aromatic rings. The summed E-state index contributed by atoms with van der Waals surface area (Å²) in [4.78, 5) is 2.55. The van der Waals surface area contributed by atoms with E-state index in [2.05, 4.69) is 227 Å². The third-order valence-corrected chi connectivity index (χ3v) is 13.9. The third kappa shape index (κ3) is 6.34. The van der Waals surface area contributed by atoms with Crippen molar-refractivity contribution in [1.29, 1.82) is 0 Å². The average molecular weight is 800 g/mol. The Hall–Kier alpha value is -7.10. The molecule has 0 bridgehead atoms. The molecule has 5 unspecified atom stereocenters. The number of anilines is 2. The van der Waals surface area contributed by atoms with Crippen LogP contribution >= 0.6 is 0 Å². The predicted molar refractivity (Wildman–Crippen MR) is 260 cm³/mol. The van der Waals surface area contributed by atoms with Crippen LogP contribution in [-0.2, 0) is 0 Å². The van der Waals surface area contributed by atoms with E-state index in [0.29, 0.717) is 17.8 Å². The number of allylic oxidation sites excluding steroid dienone is 10. The van der Waals surface area contributed by atoms with Gasteiger partial charge in [0.05, 0.1) is 28.8 Å². The van der Waals surface area contributed by atoms with Gasteiger partial charge in [0.2, 0.25) is 0 Å². The molecular weight excluding hydrogens is 751 g/mol. The normalized spacial score (nSPS) is 22.5. The molecule has 5 aliphatic rings. The Bertz CT molecular complexity index is 3080. The van der Waals surface area contributed by atoms with Gasteiger partial charge in [-0.25, -0.2) is 0 Å². The molecule has 62 heavy (non-hydrogen) atoms. The van der Waals surface area contributed by atoms with Crippen LogP contribution in [0.5, 0.6) is 0 Å². The van der Waals surface area contributed by atoms with Crippen molar-refractivity contribution in [2.24, 2.45) is 11.8 Å². The molecule has 300 valence electrons. The molecule has 3 aliphatic carbocycles. The van der Waals surface area contributed by atoms with E-state index in [-0.39, 0.29) is 12.1 Å². The monoisotopic (exact) mass is 799 g/mol. The molecule has 1 aromatic heterocycles. The molecule has 0 spiro atoms. The molecule has 0 saturated carbocycles. The minimum atomic E-state index is 0.188. The fourth-order valence-electron chi connectivity index (χ4n) is 10.9. The van der Waals surface area contributed by atoms with Gasteiger partial charge in [0.15, 0.2) is 0 Å². The van der Waals surface area contributed by atoms with Gasteiger partial charge in [0, 0.05) is 45.2 Å². The number of benzene rings is 6. The highest BCUT2D eigenvalue weighted by Gasteiger charge is 2.39. The molecule has 3 heterocycles. The minimum Gasteiger partial charge on any atom is -0.378 e. The van der Waals surface area contributed by atoms with Crippen molar-refractivity contribution >= 4 is 38.8 Å². The SMILES string of the molecule is C1=CC2c3cccc(-c4cccc(-n5c6ccccc6c6cc(C7=CCC(C8=CC(C9CC=CCC9)=CC(c9ccccc9)N8)C=C7)ccc65)c4)c3N(c3ccccc3)C2C=C1. The summed E-state index contributed by atoms with van der Waals surface area (Å²) in [6.07, 6.45) is 30.5. The highest BCUT2D eigenvalue weighted by molar-refractivity contribution is 6.10. The fraction of sp³-hybridized carbons (Fsp3) is 0.153. The molecule has 3 nitrogen and oxygen atoms in total. The van der Waals surface area contributed by atoms with Crippen molar-refractivity contribution < 1.29 is 0 Å². The molecule has 1 N–H and O–H groups in total. The Balaban J connectivity index is 0.877. The first-order valence-electron chi connectivity index (χ1n) is 22.5. The molecule has 3 heteroatoms. The van der Waals surface area contributed by atoms with Crippen LogP contribution in [0.25, 0.3) is 44.2 Å². The first-order valence-corrected chi connectivity index (χ1v) is 22.5. The Labute approximate surface area is 364 Å². The van der Waals surface area contributed by atoms with Crippen LogP contribution in [0, 0.1) is 11.8 Å². The van der Waals surface area contributed by atoms with Gasteiger partial charge in [0.25, 0.3) is 0 Å². The van der Waals surface area contributed by atoms with E-state index in [0.717, 1.165) is 12.8 Å². The van der Waals surface area contributed by atoms with Gasteiger partial charge >= 0.3 is 0 Å². The van der Waals surface area contributed by atoms with Crippen molar-refractivity contribution in [2.45, 2.75) is 43.7 Å². The van der Waals surface area contributed by atoms with Crippen LogP contribution in [0.4, 0.5) is 11.4 Å². The molecule has 2 aliphatic heterocycles. The van der Waals surface area contributed by atoms with Crippen molar-refractivity contribution in [2.75, 3.05) is 4.90 Å². The molecule has 0 fully saturated rings. The standard InChI is InChI=1S/C59H49N3/c1-4-16-40(17-5-1)46-38-54(42-18-6-2-7-19-42)60-55(39-46)43-32-30-41(31-33-43)44-34-35-58-53(37-44)51-25-11-12-28-56(51)61(58)48-23-14-20-45(36-48)49-26-15-27-52-50-24-10-13-29-57(50)62(59(49)52)47-21-8-3-9-22-47/h1-4,6-15,18-32,34-40,43,50,54,57,60H,5,16-17,33H2. The molecule has 0 saturated heterocycles. The second-order valence-corrected chi connectivity index (χ2v) is 17.5. The summed E-state index contributed by atoms with van der Waals surface area (Å²) < 4.78 is 2.46. The number of para-hydroxylation sites is 3. The van der Waals surface area contributed by atoms with Crippen LogP contribution < -0.4 is 10.2 Å². The van der Waals surface area contributed by atoms with E-state index >= 15 is 0 Å². The Kier molecular flexibility index (Phi) is 9.13. The van der Waals surface area contributed by atoms with Gasteiger partial charge in [-0.3, -0.25) is 0 Å². The van der Waals surface area contributed by atoms with E-state index in [1.165, 1.54) is 96.4 Å². The number of fused-ring (bicyclic) bond motifs is 6. The Morgan fingerprint density at radius 3 is 2.27 bits per heavy atom. The van der Waals surface area contributed by atoms with Crippen LogP contribution in [0.2, 0.25) is 0 Å². The number of dihydropyridines is 1. The molecule has 5 atom stereocenters. The van der Waals surface area contributed by atoms with E-state index in [4.69, 9.17) is 0 Å². The fourth-order valence-corrected chi connectivity index (χ4v) is 10.9. The maximum absolute atomic E-state index is 3.95. The summed E-state index contributed by atoms with van der Waals surface area (Å²) in [7, 11) is 0. The summed E-state index contributed by atoms with van der Waals surface area (Å²) in [5, 5.41) is 6.49. The Morgan fingerprint density at radius 1 is 0.613 bits per heavy atom. The van der Waals surface area contributed by atoms with E-state index in [1.54, 1.807) is 0 Å². The summed E-state index contributed by atoms with van der Waals surface area (Å²) >= 11 is 0. The van der Waals surface area contributed by atoms with Gasteiger partial charge in [-0.05, 0) is 114 Å². The van der Waals surface area contributed by atoms with Gasteiger partial charge in [-0.15, -0.1) is 0 Å². The summed E-state index contributed by atoms with van der Waals surface area (Å²) in [6.45, 7) is 0. The van der Waals surface area contributed by atoms with E-state index in [9.17, 15) is 0 Å². The third-order valence-electron chi connectivity index (χ3n) is 13.9. The number of nitrogens with zero attached hydrogens (tertiary/aromatic N) is 2. The maximum Gasteiger partial charge on any atom is 0.0701 e. The summed E-state index contributed by atoms with van der Waals surface area (Å²) in [6, 6.07) is 54.2. The van der Waals surface area contributed by atoms with Gasteiger partial charge in [-0.2, -0.15) is 0 Å². The van der Waals surface area contributed by atoms with E-state index in [1.807, 2.05) is 0 Å². The quantitative estimate of drug-likeness (QED) is 0.162. The van der Waals surface area contributed by atoms with Gasteiger partial charge in [-0.1, -0.05) is 164 Å². The van der Waals surface area contributed by atoms with E-state index < -0.39 is 0 Å². The Morgan fingerprint density at radius 2 is 1.42 bits per heavy atom. The smallest absolute Gasteiger partial charge is 0.0701 e. The largest absolute Gasteiger partial charge is 0.378 e. The van der Waals surface area contributed by atoms with Crippen molar-refractivity contribution in [3.63, 3.8) is 0 Å². The maximum atomic E-state index is 3.95. The van der Waals surface area contributed by atoms with Crippen LogP contribution in [0.1, 0.15) is 54.3 Å². The number of hydrogen-bond acceptors (Lipinski definition) is 2. The van der Waals surface area contributed by atoms with Crippen molar-refractivity contribution in [3.05, 3.63) is 240 Å². The van der Waals surface area contributed by atoms with Crippen molar-refractivity contribution in [1.82, 2.24) is 9.88 Å². The molecule has 0 radical (unpaired) electrons. The van der Waals surface area contributed by atoms with Crippen LogP contribution in [0.3, 0.4) is 0 Å². The topological polar surface area (TPSA) is 20.2 Å². The second-order valence-electron chi connectivity index (χ2n) is 17.5. The zero-order valence-corrected chi connectivity index (χ0v) is 34.8. The van der Waals surface area contributed by atoms with Crippen LogP contribution in [0.15, 0.2) is 224 Å². The first kappa shape index (κ1) is 36.7. The zero-order chi connectivity index (χ0) is 41.0. The molecule has 6 aromatic carbocycles. The lowest BCUT2D eigenvalue weighted by molar-refractivity contribution is 0.534. The van der Waals surface area contributed by atoms with Gasteiger partial charge in [0.1, 0.15) is 0 Å². The van der Waals surface area contributed by atoms with Crippen LogP contribution in [-0.4, -0.2) is 10.6 Å².